The predicted molar refractivity (Wildman–Crippen MR) is 84.1 cm³/mol. The van der Waals surface area contributed by atoms with E-state index in [9.17, 15) is 4.79 Å². The van der Waals surface area contributed by atoms with Crippen LogP contribution in [0.2, 0.25) is 0 Å². The summed E-state index contributed by atoms with van der Waals surface area (Å²) in [6, 6.07) is 4.21. The van der Waals surface area contributed by atoms with Crippen LogP contribution in [0.25, 0.3) is 0 Å². The number of carbonyl (C=O) groups is 1. The number of fused-ring (bicyclic) bond motifs is 1. The van der Waals surface area contributed by atoms with Gasteiger partial charge in [-0.1, -0.05) is 20.8 Å². The highest BCUT2D eigenvalue weighted by molar-refractivity contribution is 7.11. The van der Waals surface area contributed by atoms with E-state index in [0.717, 1.165) is 19.4 Å². The SMILES string of the molecule is CCc1ccc(CNC(=O)C2(N)C3CCOC3C2(C)C)s1. The van der Waals surface area contributed by atoms with Crippen molar-refractivity contribution in [2.24, 2.45) is 17.1 Å². The molecule has 3 rings (SSSR count). The number of aryl methyl sites for hydroxylation is 1. The molecule has 3 N–H and O–H groups in total. The molecule has 1 aliphatic heterocycles. The van der Waals surface area contributed by atoms with Gasteiger partial charge in [0, 0.05) is 27.7 Å². The molecule has 4 nitrogen and oxygen atoms in total. The molecule has 116 valence electrons. The summed E-state index contributed by atoms with van der Waals surface area (Å²) in [7, 11) is 0. The summed E-state index contributed by atoms with van der Waals surface area (Å²) in [5.74, 6) is 0.118. The van der Waals surface area contributed by atoms with Gasteiger partial charge in [-0.3, -0.25) is 4.79 Å². The fourth-order valence-corrected chi connectivity index (χ4v) is 4.76. The maximum atomic E-state index is 12.7. The van der Waals surface area contributed by atoms with Crippen molar-refractivity contribution < 1.29 is 9.53 Å². The van der Waals surface area contributed by atoms with Crippen LogP contribution in [-0.4, -0.2) is 24.2 Å². The predicted octanol–water partition coefficient (Wildman–Crippen LogP) is 2.07. The zero-order chi connectivity index (χ0) is 15.3. The van der Waals surface area contributed by atoms with E-state index in [1.54, 1.807) is 11.3 Å². The Bertz CT molecular complexity index is 554. The van der Waals surface area contributed by atoms with E-state index in [1.165, 1.54) is 9.75 Å². The number of nitrogens with one attached hydrogen (secondary N) is 1. The van der Waals surface area contributed by atoms with Crippen molar-refractivity contribution >= 4 is 17.2 Å². The molecule has 0 bridgehead atoms. The number of ether oxygens (including phenoxy) is 1. The van der Waals surface area contributed by atoms with Gasteiger partial charge >= 0.3 is 0 Å². The average Bonchev–Trinajstić information content (AvgIpc) is 3.11. The quantitative estimate of drug-likeness (QED) is 0.895. The van der Waals surface area contributed by atoms with Crippen molar-refractivity contribution in [2.45, 2.75) is 51.8 Å². The van der Waals surface area contributed by atoms with Gasteiger partial charge in [-0.05, 0) is 25.0 Å². The first-order valence-electron chi connectivity index (χ1n) is 7.67. The van der Waals surface area contributed by atoms with Crippen LogP contribution in [0.15, 0.2) is 12.1 Å². The van der Waals surface area contributed by atoms with Gasteiger partial charge in [-0.25, -0.2) is 0 Å². The lowest BCUT2D eigenvalue weighted by Gasteiger charge is -2.60. The highest BCUT2D eigenvalue weighted by atomic mass is 32.1. The summed E-state index contributed by atoms with van der Waals surface area (Å²) in [5.41, 5.74) is 5.41. The second kappa shape index (κ2) is 5.07. The average molecular weight is 308 g/mol. The normalized spacial score (nSPS) is 33.3. The topological polar surface area (TPSA) is 64.4 Å². The maximum Gasteiger partial charge on any atom is 0.241 e. The first kappa shape index (κ1) is 15.0. The molecule has 5 heteroatoms. The highest BCUT2D eigenvalue weighted by Gasteiger charge is 2.71. The van der Waals surface area contributed by atoms with Gasteiger partial charge in [0.2, 0.25) is 5.91 Å². The molecular formula is C16H24N2O2S. The molecule has 2 fully saturated rings. The van der Waals surface area contributed by atoms with E-state index in [0.29, 0.717) is 6.54 Å². The van der Waals surface area contributed by atoms with Gasteiger partial charge in [0.15, 0.2) is 0 Å². The Morgan fingerprint density at radius 3 is 2.86 bits per heavy atom. The summed E-state index contributed by atoms with van der Waals surface area (Å²) < 4.78 is 5.74. The van der Waals surface area contributed by atoms with Gasteiger partial charge in [0.05, 0.1) is 12.6 Å². The fraction of sp³-hybridized carbons (Fsp3) is 0.688. The number of thiophene rings is 1. The zero-order valence-electron chi connectivity index (χ0n) is 12.9. The first-order valence-corrected chi connectivity index (χ1v) is 8.49. The molecule has 2 aliphatic rings. The summed E-state index contributed by atoms with van der Waals surface area (Å²) in [4.78, 5) is 15.2. The van der Waals surface area contributed by atoms with Crippen LogP contribution >= 0.6 is 11.3 Å². The number of rotatable bonds is 4. The summed E-state index contributed by atoms with van der Waals surface area (Å²) in [5, 5.41) is 3.04. The van der Waals surface area contributed by atoms with Crippen molar-refractivity contribution in [3.8, 4) is 0 Å². The number of hydrogen-bond donors (Lipinski definition) is 2. The molecule has 0 aromatic carbocycles. The summed E-state index contributed by atoms with van der Waals surface area (Å²) in [6.45, 7) is 7.51. The second-order valence-corrected chi connectivity index (χ2v) is 7.93. The van der Waals surface area contributed by atoms with E-state index in [-0.39, 0.29) is 23.3 Å². The summed E-state index contributed by atoms with van der Waals surface area (Å²) >= 11 is 1.75. The molecule has 21 heavy (non-hydrogen) atoms. The zero-order valence-corrected chi connectivity index (χ0v) is 13.8. The van der Waals surface area contributed by atoms with Crippen molar-refractivity contribution in [1.82, 2.24) is 5.32 Å². The van der Waals surface area contributed by atoms with Crippen molar-refractivity contribution in [1.29, 1.82) is 0 Å². The van der Waals surface area contributed by atoms with Gasteiger partial charge in [-0.2, -0.15) is 0 Å². The van der Waals surface area contributed by atoms with Crippen LogP contribution in [0, 0.1) is 11.3 Å². The molecule has 1 amide bonds. The number of amides is 1. The largest absolute Gasteiger partial charge is 0.377 e. The molecule has 0 radical (unpaired) electrons. The Hall–Kier alpha value is -0.910. The number of hydrogen-bond acceptors (Lipinski definition) is 4. The van der Waals surface area contributed by atoms with Gasteiger partial charge in [0.1, 0.15) is 5.54 Å². The number of nitrogens with two attached hydrogens (primary N) is 1. The van der Waals surface area contributed by atoms with Crippen molar-refractivity contribution in [3.63, 3.8) is 0 Å². The van der Waals surface area contributed by atoms with Crippen LogP contribution in [0.3, 0.4) is 0 Å². The first-order chi connectivity index (χ1) is 9.91. The molecule has 2 heterocycles. The van der Waals surface area contributed by atoms with E-state index in [1.807, 2.05) is 13.8 Å². The highest BCUT2D eigenvalue weighted by Crippen LogP contribution is 2.58. The third kappa shape index (κ3) is 2.05. The van der Waals surface area contributed by atoms with Crippen molar-refractivity contribution in [2.75, 3.05) is 6.61 Å². The van der Waals surface area contributed by atoms with E-state index in [4.69, 9.17) is 10.5 Å². The van der Waals surface area contributed by atoms with Crippen LogP contribution in [0.5, 0.6) is 0 Å². The molecular weight excluding hydrogens is 284 g/mol. The Labute approximate surface area is 130 Å². The maximum absolute atomic E-state index is 12.7. The lowest BCUT2D eigenvalue weighted by atomic mass is 9.48. The van der Waals surface area contributed by atoms with Crippen LogP contribution in [-0.2, 0) is 22.5 Å². The number of carbonyl (C=O) groups excluding carboxylic acids is 1. The molecule has 1 aromatic heterocycles. The minimum absolute atomic E-state index is 0.0364. The van der Waals surface area contributed by atoms with Crippen molar-refractivity contribution in [3.05, 3.63) is 21.9 Å². The molecule has 1 saturated heterocycles. The minimum atomic E-state index is -0.807. The molecule has 1 saturated carbocycles. The third-order valence-electron chi connectivity index (χ3n) is 5.32. The van der Waals surface area contributed by atoms with E-state index in [2.05, 4.69) is 24.4 Å². The Morgan fingerprint density at radius 2 is 2.19 bits per heavy atom. The smallest absolute Gasteiger partial charge is 0.241 e. The summed E-state index contributed by atoms with van der Waals surface area (Å²) in [6.07, 6.45) is 2.05. The lowest BCUT2D eigenvalue weighted by molar-refractivity contribution is -0.175. The van der Waals surface area contributed by atoms with Gasteiger partial charge in [0.25, 0.3) is 0 Å². The Morgan fingerprint density at radius 1 is 1.48 bits per heavy atom. The second-order valence-electron chi connectivity index (χ2n) is 6.68. The van der Waals surface area contributed by atoms with E-state index >= 15 is 0 Å². The Balaban J connectivity index is 1.67. The third-order valence-corrected chi connectivity index (χ3v) is 6.55. The van der Waals surface area contributed by atoms with Gasteiger partial charge in [-0.15, -0.1) is 11.3 Å². The van der Waals surface area contributed by atoms with Gasteiger partial charge < -0.3 is 15.8 Å². The molecule has 1 aliphatic carbocycles. The molecule has 3 atom stereocenters. The molecule has 1 aromatic rings. The van der Waals surface area contributed by atoms with Crippen LogP contribution in [0.4, 0.5) is 0 Å². The minimum Gasteiger partial charge on any atom is -0.377 e. The molecule has 3 unspecified atom stereocenters. The Kier molecular flexibility index (Phi) is 3.62. The monoisotopic (exact) mass is 308 g/mol. The lowest BCUT2D eigenvalue weighted by Crippen LogP contribution is -2.80. The fourth-order valence-electron chi connectivity index (χ4n) is 3.87. The standard InChI is InChI=1S/C16H24N2O2S/c1-4-10-5-6-11(21-10)9-18-14(19)16(17)12-7-8-20-13(12)15(16,2)3/h5-6,12-13H,4,7-9,17H2,1-3H3,(H,18,19). The van der Waals surface area contributed by atoms with E-state index < -0.39 is 5.54 Å². The van der Waals surface area contributed by atoms with Crippen LogP contribution < -0.4 is 11.1 Å². The van der Waals surface area contributed by atoms with Crippen LogP contribution in [0.1, 0.15) is 36.9 Å². The molecule has 0 spiro atoms.